The van der Waals surface area contributed by atoms with Crippen LogP contribution in [-0.4, -0.2) is 15.7 Å². The van der Waals surface area contributed by atoms with E-state index in [4.69, 9.17) is 10.3 Å². The molecule has 0 atom stereocenters. The van der Waals surface area contributed by atoms with Crippen LogP contribution in [0.4, 0.5) is 0 Å². The Bertz CT molecular complexity index is 681. The summed E-state index contributed by atoms with van der Waals surface area (Å²) in [7, 11) is 0. The van der Waals surface area contributed by atoms with Crippen LogP contribution in [0.15, 0.2) is 38.5 Å². The number of nitrogens with zero attached hydrogens (tertiary/aromatic N) is 1. The van der Waals surface area contributed by atoms with Gasteiger partial charge in [0.25, 0.3) is 17.0 Å². The molecule has 0 spiro atoms. The number of aromatic nitrogens is 2. The number of carbonyl (C=O) groups excluding carboxylic acids is 1. The standard InChI is InChI=1S/C10H10N4O4/c11-12-10(17)6-3-7(18-5-6)4-14-9(16)2-1-8(15)13-14/h1-3,5H,4,11H2,(H,12,17)(H,13,15). The molecule has 8 nitrogen and oxygen atoms in total. The zero-order valence-corrected chi connectivity index (χ0v) is 9.17. The summed E-state index contributed by atoms with van der Waals surface area (Å²) < 4.78 is 6.16. The van der Waals surface area contributed by atoms with Crippen LogP contribution in [0.3, 0.4) is 0 Å². The van der Waals surface area contributed by atoms with E-state index in [9.17, 15) is 14.4 Å². The summed E-state index contributed by atoms with van der Waals surface area (Å²) in [5.74, 6) is 4.81. The van der Waals surface area contributed by atoms with Gasteiger partial charge in [0.2, 0.25) is 0 Å². The molecular formula is C10H10N4O4. The molecule has 94 valence electrons. The Morgan fingerprint density at radius 3 is 2.94 bits per heavy atom. The van der Waals surface area contributed by atoms with Crippen molar-refractivity contribution in [2.75, 3.05) is 0 Å². The summed E-state index contributed by atoms with van der Waals surface area (Å²) in [4.78, 5) is 33.7. The highest BCUT2D eigenvalue weighted by Gasteiger charge is 2.09. The Kier molecular flexibility index (Phi) is 3.11. The van der Waals surface area contributed by atoms with Crippen LogP contribution < -0.4 is 22.4 Å². The lowest BCUT2D eigenvalue weighted by Gasteiger charge is -2.00. The first-order valence-electron chi connectivity index (χ1n) is 4.98. The van der Waals surface area contributed by atoms with Crippen molar-refractivity contribution in [3.63, 3.8) is 0 Å². The first-order chi connectivity index (χ1) is 8.60. The summed E-state index contributed by atoms with van der Waals surface area (Å²) >= 11 is 0. The van der Waals surface area contributed by atoms with Crippen LogP contribution in [0.25, 0.3) is 0 Å². The number of nitrogen functional groups attached to an aromatic ring is 1. The van der Waals surface area contributed by atoms with E-state index in [-0.39, 0.29) is 17.7 Å². The predicted octanol–water partition coefficient (Wildman–Crippen LogP) is -1.22. The highest BCUT2D eigenvalue weighted by molar-refractivity contribution is 5.93. The van der Waals surface area contributed by atoms with Crippen LogP contribution in [0.1, 0.15) is 16.1 Å². The number of hydrogen-bond donors (Lipinski definition) is 3. The summed E-state index contributed by atoms with van der Waals surface area (Å²) in [6, 6.07) is 3.71. The molecule has 1 amide bonds. The fraction of sp³-hybridized carbons (Fsp3) is 0.100. The van der Waals surface area contributed by atoms with Gasteiger partial charge in [-0.2, -0.15) is 0 Å². The molecule has 8 heteroatoms. The number of furan rings is 1. The van der Waals surface area contributed by atoms with Crippen molar-refractivity contribution in [2.45, 2.75) is 6.54 Å². The van der Waals surface area contributed by atoms with Gasteiger partial charge in [0, 0.05) is 12.1 Å². The molecule has 0 saturated carbocycles. The molecule has 0 aliphatic heterocycles. The van der Waals surface area contributed by atoms with Gasteiger partial charge in [-0.25, -0.2) is 10.5 Å². The van der Waals surface area contributed by atoms with Crippen LogP contribution in [0, 0.1) is 0 Å². The quantitative estimate of drug-likeness (QED) is 0.358. The minimum atomic E-state index is -0.501. The fourth-order valence-corrected chi connectivity index (χ4v) is 1.40. The first kappa shape index (κ1) is 11.9. The van der Waals surface area contributed by atoms with Gasteiger partial charge >= 0.3 is 0 Å². The molecule has 0 bridgehead atoms. The molecule has 0 unspecified atom stereocenters. The third-order valence-corrected chi connectivity index (χ3v) is 2.25. The van der Waals surface area contributed by atoms with Crippen molar-refractivity contribution >= 4 is 5.91 Å². The SMILES string of the molecule is NNC(=O)c1coc(Cn2[nH]c(=O)ccc2=O)c1. The second-order valence-corrected chi connectivity index (χ2v) is 3.51. The normalized spacial score (nSPS) is 10.3. The van der Waals surface area contributed by atoms with Gasteiger partial charge in [0.1, 0.15) is 18.6 Å². The monoisotopic (exact) mass is 250 g/mol. The number of amides is 1. The van der Waals surface area contributed by atoms with Gasteiger partial charge in [0.05, 0.1) is 5.56 Å². The van der Waals surface area contributed by atoms with E-state index in [2.05, 4.69) is 5.10 Å². The molecule has 4 N–H and O–H groups in total. The van der Waals surface area contributed by atoms with Crippen molar-refractivity contribution in [1.29, 1.82) is 0 Å². The lowest BCUT2D eigenvalue weighted by atomic mass is 10.3. The maximum Gasteiger partial charge on any atom is 0.268 e. The summed E-state index contributed by atoms with van der Waals surface area (Å²) in [6.07, 6.45) is 1.21. The average Bonchev–Trinajstić information content (AvgIpc) is 2.81. The van der Waals surface area contributed by atoms with Gasteiger partial charge in [-0.15, -0.1) is 0 Å². The van der Waals surface area contributed by atoms with Gasteiger partial charge in [-0.1, -0.05) is 0 Å². The zero-order chi connectivity index (χ0) is 13.1. The van der Waals surface area contributed by atoms with Gasteiger partial charge in [-0.05, 0) is 6.07 Å². The lowest BCUT2D eigenvalue weighted by Crippen LogP contribution is -2.29. The molecule has 0 saturated heterocycles. The summed E-state index contributed by atoms with van der Waals surface area (Å²) in [5, 5.41) is 2.34. The minimum absolute atomic E-state index is 0.0206. The second-order valence-electron chi connectivity index (χ2n) is 3.51. The van der Waals surface area contributed by atoms with E-state index < -0.39 is 11.5 Å². The maximum absolute atomic E-state index is 11.4. The highest BCUT2D eigenvalue weighted by atomic mass is 16.3. The molecular weight excluding hydrogens is 240 g/mol. The largest absolute Gasteiger partial charge is 0.467 e. The Hall–Kier alpha value is -2.61. The average molecular weight is 250 g/mol. The highest BCUT2D eigenvalue weighted by Crippen LogP contribution is 2.07. The second kappa shape index (κ2) is 4.72. The van der Waals surface area contributed by atoms with Crippen molar-refractivity contribution in [3.05, 3.63) is 56.5 Å². The number of carbonyl (C=O) groups is 1. The number of aromatic amines is 1. The molecule has 0 aliphatic carbocycles. The molecule has 2 rings (SSSR count). The van der Waals surface area contributed by atoms with Crippen molar-refractivity contribution in [1.82, 2.24) is 15.2 Å². The van der Waals surface area contributed by atoms with E-state index >= 15 is 0 Å². The van der Waals surface area contributed by atoms with Crippen molar-refractivity contribution < 1.29 is 9.21 Å². The van der Waals surface area contributed by atoms with E-state index in [0.717, 1.165) is 16.8 Å². The van der Waals surface area contributed by atoms with Crippen LogP contribution in [0.5, 0.6) is 0 Å². The first-order valence-corrected chi connectivity index (χ1v) is 4.98. The van der Waals surface area contributed by atoms with Crippen molar-refractivity contribution in [3.8, 4) is 0 Å². The number of H-pyrrole nitrogens is 1. The van der Waals surface area contributed by atoms with Gasteiger partial charge < -0.3 is 4.42 Å². The molecule has 2 aromatic heterocycles. The third-order valence-electron chi connectivity index (χ3n) is 2.25. The molecule has 2 heterocycles. The number of rotatable bonds is 3. The lowest BCUT2D eigenvalue weighted by molar-refractivity contribution is 0.0953. The van der Waals surface area contributed by atoms with E-state index in [0.29, 0.717) is 5.76 Å². The van der Waals surface area contributed by atoms with Crippen molar-refractivity contribution in [2.24, 2.45) is 5.84 Å². The van der Waals surface area contributed by atoms with Gasteiger partial charge in [0.15, 0.2) is 0 Å². The van der Waals surface area contributed by atoms with Gasteiger partial charge in [-0.3, -0.25) is 24.9 Å². The fourth-order valence-electron chi connectivity index (χ4n) is 1.40. The van der Waals surface area contributed by atoms with E-state index in [1.807, 2.05) is 5.43 Å². The summed E-state index contributed by atoms with van der Waals surface area (Å²) in [5.41, 5.74) is 1.41. The number of hydrogen-bond acceptors (Lipinski definition) is 5. The van der Waals surface area contributed by atoms with Crippen LogP contribution >= 0.6 is 0 Å². The number of nitrogens with two attached hydrogens (primary N) is 1. The smallest absolute Gasteiger partial charge is 0.268 e. The van der Waals surface area contributed by atoms with Crippen LogP contribution in [0.2, 0.25) is 0 Å². The Labute approximate surface area is 100.0 Å². The Morgan fingerprint density at radius 2 is 2.22 bits per heavy atom. The molecule has 0 aliphatic rings. The third kappa shape index (κ3) is 2.38. The molecule has 0 fully saturated rings. The molecule has 18 heavy (non-hydrogen) atoms. The predicted molar refractivity (Wildman–Crippen MR) is 60.8 cm³/mol. The zero-order valence-electron chi connectivity index (χ0n) is 9.17. The Morgan fingerprint density at radius 1 is 1.44 bits per heavy atom. The van der Waals surface area contributed by atoms with E-state index in [1.165, 1.54) is 12.3 Å². The minimum Gasteiger partial charge on any atom is -0.467 e. The topological polar surface area (TPSA) is 123 Å². The number of hydrazine groups is 1. The maximum atomic E-state index is 11.4. The molecule has 0 aromatic carbocycles. The number of nitrogens with one attached hydrogen (secondary N) is 2. The molecule has 0 radical (unpaired) electrons. The molecule has 2 aromatic rings. The van der Waals surface area contributed by atoms with E-state index in [1.54, 1.807) is 0 Å². The summed E-state index contributed by atoms with van der Waals surface area (Å²) in [6.45, 7) is 0.0206. The van der Waals surface area contributed by atoms with Crippen LogP contribution in [-0.2, 0) is 6.54 Å². The Balaban J connectivity index is 2.26.